The van der Waals surface area contributed by atoms with E-state index in [1.54, 1.807) is 6.19 Å². The molecular formula is C13H13N7S. The molecule has 5 N–H and O–H groups in total. The molecule has 0 radical (unpaired) electrons. The standard InChI is InChI=1S/C13H13N7S/c1-8-2-3-9(4-10(8)18-7-17-6-14)11-5-21-13(19-11)20-12(15)16/h2-5,7H,1H3,(H,17,18)(H4,15,16,19,20). The number of thiazole rings is 1. The van der Waals surface area contributed by atoms with Crippen LogP contribution >= 0.6 is 11.3 Å². The first-order chi connectivity index (χ1) is 10.1. The third-order valence-corrected chi connectivity index (χ3v) is 3.29. The van der Waals surface area contributed by atoms with Gasteiger partial charge < -0.3 is 11.5 Å². The molecule has 0 aliphatic rings. The van der Waals surface area contributed by atoms with Crippen LogP contribution in [0, 0.1) is 18.4 Å². The SMILES string of the molecule is Cc1ccc(-c2csc(N=C(N)N)n2)cc1N=CNC#N. The highest BCUT2D eigenvalue weighted by atomic mass is 32.1. The first kappa shape index (κ1) is 14.5. The highest BCUT2D eigenvalue weighted by molar-refractivity contribution is 7.13. The number of nitrogens with zero attached hydrogens (tertiary/aromatic N) is 4. The van der Waals surface area contributed by atoms with Crippen molar-refractivity contribution in [2.75, 3.05) is 0 Å². The summed E-state index contributed by atoms with van der Waals surface area (Å²) in [5.41, 5.74) is 14.1. The third kappa shape index (κ3) is 3.77. The smallest absolute Gasteiger partial charge is 0.212 e. The minimum absolute atomic E-state index is 0.0207. The van der Waals surface area contributed by atoms with Gasteiger partial charge >= 0.3 is 0 Å². The van der Waals surface area contributed by atoms with E-state index in [0.717, 1.165) is 22.5 Å². The van der Waals surface area contributed by atoms with Crippen LogP contribution in [0.5, 0.6) is 0 Å². The predicted molar refractivity (Wildman–Crippen MR) is 84.7 cm³/mol. The largest absolute Gasteiger partial charge is 0.370 e. The Morgan fingerprint density at radius 3 is 3.00 bits per heavy atom. The lowest BCUT2D eigenvalue weighted by Gasteiger charge is -2.02. The lowest BCUT2D eigenvalue weighted by atomic mass is 10.1. The third-order valence-electron chi connectivity index (χ3n) is 2.55. The number of guanidine groups is 1. The molecule has 0 bridgehead atoms. The van der Waals surface area contributed by atoms with E-state index in [0.29, 0.717) is 5.13 Å². The van der Waals surface area contributed by atoms with Gasteiger partial charge in [0.2, 0.25) is 5.13 Å². The molecule has 2 aromatic rings. The zero-order valence-electron chi connectivity index (χ0n) is 11.2. The van der Waals surface area contributed by atoms with E-state index in [9.17, 15) is 0 Å². The monoisotopic (exact) mass is 299 g/mol. The van der Waals surface area contributed by atoms with Crippen molar-refractivity contribution in [3.05, 3.63) is 29.1 Å². The van der Waals surface area contributed by atoms with Gasteiger partial charge in [-0.3, -0.25) is 5.32 Å². The van der Waals surface area contributed by atoms with Gasteiger partial charge in [0.25, 0.3) is 0 Å². The van der Waals surface area contributed by atoms with E-state index in [2.05, 4.69) is 20.3 Å². The normalized spacial score (nSPS) is 10.3. The van der Waals surface area contributed by atoms with E-state index >= 15 is 0 Å². The van der Waals surface area contributed by atoms with Gasteiger partial charge in [0.15, 0.2) is 12.2 Å². The summed E-state index contributed by atoms with van der Waals surface area (Å²) in [6, 6.07) is 5.77. The van der Waals surface area contributed by atoms with Crippen molar-refractivity contribution in [3.8, 4) is 17.5 Å². The summed E-state index contributed by atoms with van der Waals surface area (Å²) in [7, 11) is 0. The van der Waals surface area contributed by atoms with Crippen molar-refractivity contribution >= 4 is 34.5 Å². The van der Waals surface area contributed by atoms with Crippen molar-refractivity contribution < 1.29 is 0 Å². The van der Waals surface area contributed by atoms with Crippen LogP contribution in [-0.4, -0.2) is 17.3 Å². The van der Waals surface area contributed by atoms with E-state index < -0.39 is 0 Å². The molecule has 0 spiro atoms. The van der Waals surface area contributed by atoms with Crippen LogP contribution in [0.3, 0.4) is 0 Å². The minimum atomic E-state index is -0.0207. The molecule has 1 aromatic heterocycles. The molecule has 0 aliphatic carbocycles. The van der Waals surface area contributed by atoms with Crippen molar-refractivity contribution in [1.29, 1.82) is 5.26 Å². The molecule has 0 atom stereocenters. The van der Waals surface area contributed by atoms with Gasteiger partial charge in [0.1, 0.15) is 6.34 Å². The molecule has 21 heavy (non-hydrogen) atoms. The van der Waals surface area contributed by atoms with Gasteiger partial charge in [-0.1, -0.05) is 12.1 Å². The van der Waals surface area contributed by atoms with Gasteiger partial charge in [-0.2, -0.15) is 10.3 Å². The van der Waals surface area contributed by atoms with Crippen LogP contribution < -0.4 is 16.8 Å². The summed E-state index contributed by atoms with van der Waals surface area (Å²) >= 11 is 1.35. The number of benzene rings is 1. The maximum Gasteiger partial charge on any atom is 0.212 e. The van der Waals surface area contributed by atoms with Gasteiger partial charge in [-0.25, -0.2) is 9.98 Å². The highest BCUT2D eigenvalue weighted by Gasteiger charge is 2.06. The second-order valence-electron chi connectivity index (χ2n) is 4.07. The number of rotatable bonds is 4. The fourth-order valence-electron chi connectivity index (χ4n) is 1.60. The molecule has 1 aromatic carbocycles. The molecule has 0 amide bonds. The van der Waals surface area contributed by atoms with E-state index in [4.69, 9.17) is 16.7 Å². The molecule has 0 unspecified atom stereocenters. The Hall–Kier alpha value is -2.92. The molecule has 0 saturated carbocycles. The van der Waals surface area contributed by atoms with E-state index in [1.165, 1.54) is 17.7 Å². The summed E-state index contributed by atoms with van der Waals surface area (Å²) in [5.74, 6) is -0.0207. The van der Waals surface area contributed by atoms with E-state index in [-0.39, 0.29) is 5.96 Å². The summed E-state index contributed by atoms with van der Waals surface area (Å²) in [4.78, 5) is 12.4. The van der Waals surface area contributed by atoms with Gasteiger partial charge in [-0.05, 0) is 18.6 Å². The van der Waals surface area contributed by atoms with Crippen molar-refractivity contribution in [2.45, 2.75) is 6.92 Å². The van der Waals surface area contributed by atoms with Crippen LogP contribution in [0.25, 0.3) is 11.3 Å². The van der Waals surface area contributed by atoms with Gasteiger partial charge in [-0.15, -0.1) is 11.3 Å². The zero-order valence-corrected chi connectivity index (χ0v) is 12.1. The Kier molecular flexibility index (Phi) is 4.48. The van der Waals surface area contributed by atoms with Crippen LogP contribution in [0.4, 0.5) is 10.8 Å². The number of hydrogen-bond acceptors (Lipinski definition) is 5. The molecule has 0 aliphatic heterocycles. The topological polar surface area (TPSA) is 125 Å². The summed E-state index contributed by atoms with van der Waals surface area (Å²) < 4.78 is 0. The average molecular weight is 299 g/mol. The molecule has 2 rings (SSSR count). The molecule has 0 saturated heterocycles. The number of nitrogens with one attached hydrogen (secondary N) is 1. The zero-order chi connectivity index (χ0) is 15.2. The number of hydrogen-bond donors (Lipinski definition) is 3. The first-order valence-corrected chi connectivity index (χ1v) is 6.81. The average Bonchev–Trinajstić information content (AvgIpc) is 2.89. The lowest BCUT2D eigenvalue weighted by Crippen LogP contribution is -2.21. The molecule has 7 nitrogen and oxygen atoms in total. The molecule has 1 heterocycles. The van der Waals surface area contributed by atoms with Crippen LogP contribution in [0.1, 0.15) is 5.56 Å². The predicted octanol–water partition coefficient (Wildman–Crippen LogP) is 1.75. The second-order valence-corrected chi connectivity index (χ2v) is 4.90. The summed E-state index contributed by atoms with van der Waals surface area (Å²) in [6.07, 6.45) is 3.12. The minimum Gasteiger partial charge on any atom is -0.370 e. The van der Waals surface area contributed by atoms with Gasteiger partial charge in [0, 0.05) is 10.9 Å². The van der Waals surface area contributed by atoms with Crippen LogP contribution in [0.2, 0.25) is 0 Å². The second kappa shape index (κ2) is 6.49. The highest BCUT2D eigenvalue weighted by Crippen LogP contribution is 2.30. The summed E-state index contributed by atoms with van der Waals surface area (Å²) in [6.45, 7) is 1.94. The van der Waals surface area contributed by atoms with Gasteiger partial charge in [0.05, 0.1) is 11.4 Å². The molecular weight excluding hydrogens is 286 g/mol. The fraction of sp³-hybridized carbons (Fsp3) is 0.0769. The first-order valence-electron chi connectivity index (χ1n) is 5.93. The van der Waals surface area contributed by atoms with Crippen molar-refractivity contribution in [2.24, 2.45) is 21.5 Å². The maximum absolute atomic E-state index is 8.43. The maximum atomic E-state index is 8.43. The number of aromatic nitrogens is 1. The van der Waals surface area contributed by atoms with Crippen LogP contribution in [-0.2, 0) is 0 Å². The lowest BCUT2D eigenvalue weighted by molar-refractivity contribution is 1.28. The Bertz CT molecular complexity index is 735. The summed E-state index contributed by atoms with van der Waals surface area (Å²) in [5, 5.41) is 13.2. The van der Waals surface area contributed by atoms with E-state index in [1.807, 2.05) is 30.5 Å². The Morgan fingerprint density at radius 1 is 1.48 bits per heavy atom. The number of aryl methyl sites for hydroxylation is 1. The molecule has 8 heteroatoms. The number of aliphatic imine (C=N–C) groups is 2. The quantitative estimate of drug-likeness (QED) is 0.343. The number of nitrogens with two attached hydrogens (primary N) is 2. The van der Waals surface area contributed by atoms with Crippen molar-refractivity contribution in [1.82, 2.24) is 10.3 Å². The Morgan fingerprint density at radius 2 is 2.29 bits per heavy atom. The Balaban J connectivity index is 2.32. The van der Waals surface area contributed by atoms with Crippen molar-refractivity contribution in [3.63, 3.8) is 0 Å². The Labute approximate surface area is 125 Å². The molecule has 0 fully saturated rings. The van der Waals surface area contributed by atoms with Crippen LogP contribution in [0.15, 0.2) is 33.6 Å². The molecule has 106 valence electrons. The fourth-order valence-corrected chi connectivity index (χ4v) is 2.31. The number of nitriles is 1.